The van der Waals surface area contributed by atoms with Crippen molar-refractivity contribution in [1.29, 1.82) is 0 Å². The van der Waals surface area contributed by atoms with Gasteiger partial charge in [-0.2, -0.15) is 0 Å². The highest BCUT2D eigenvalue weighted by molar-refractivity contribution is 6.00. The van der Waals surface area contributed by atoms with E-state index in [0.717, 1.165) is 29.7 Å². The van der Waals surface area contributed by atoms with E-state index in [1.165, 1.54) is 5.56 Å². The molecule has 2 aromatic rings. The molecular formula is C19H16O2. The lowest BCUT2D eigenvalue weighted by atomic mass is 9.79. The van der Waals surface area contributed by atoms with E-state index in [2.05, 4.69) is 12.1 Å². The SMILES string of the molecule is O=C1c2ccccc2CCC1C1C=Cc2ccccc2O1. The van der Waals surface area contributed by atoms with E-state index in [1.807, 2.05) is 48.5 Å². The average molecular weight is 276 g/mol. The van der Waals surface area contributed by atoms with Crippen LogP contribution in [-0.4, -0.2) is 11.9 Å². The maximum absolute atomic E-state index is 12.7. The van der Waals surface area contributed by atoms with Crippen molar-refractivity contribution in [2.75, 3.05) is 0 Å². The number of ether oxygens (including phenoxy) is 1. The van der Waals surface area contributed by atoms with E-state index in [9.17, 15) is 4.79 Å². The topological polar surface area (TPSA) is 26.3 Å². The number of hydrogen-bond donors (Lipinski definition) is 0. The number of carbonyl (C=O) groups excluding carboxylic acids is 1. The molecule has 2 heteroatoms. The minimum atomic E-state index is -0.152. The Morgan fingerprint density at radius 3 is 2.76 bits per heavy atom. The Bertz CT molecular complexity index is 730. The van der Waals surface area contributed by atoms with E-state index < -0.39 is 0 Å². The van der Waals surface area contributed by atoms with Crippen LogP contribution in [0.4, 0.5) is 0 Å². The number of aryl methyl sites for hydroxylation is 1. The number of benzene rings is 2. The van der Waals surface area contributed by atoms with Gasteiger partial charge in [0.1, 0.15) is 11.9 Å². The van der Waals surface area contributed by atoms with Crippen molar-refractivity contribution in [3.63, 3.8) is 0 Å². The molecule has 0 saturated carbocycles. The van der Waals surface area contributed by atoms with Gasteiger partial charge in [0.15, 0.2) is 5.78 Å². The molecule has 2 atom stereocenters. The molecule has 1 heterocycles. The van der Waals surface area contributed by atoms with Gasteiger partial charge in [-0.25, -0.2) is 0 Å². The van der Waals surface area contributed by atoms with Crippen LogP contribution < -0.4 is 4.74 Å². The van der Waals surface area contributed by atoms with Crippen LogP contribution in [0.2, 0.25) is 0 Å². The Kier molecular flexibility index (Phi) is 2.88. The first kappa shape index (κ1) is 12.4. The number of hydrogen-bond acceptors (Lipinski definition) is 2. The largest absolute Gasteiger partial charge is 0.485 e. The highest BCUT2D eigenvalue weighted by atomic mass is 16.5. The molecule has 2 unspecified atom stereocenters. The smallest absolute Gasteiger partial charge is 0.170 e. The normalized spacial score (nSPS) is 23.1. The summed E-state index contributed by atoms with van der Waals surface area (Å²) in [5, 5.41) is 0. The highest BCUT2D eigenvalue weighted by Gasteiger charge is 2.34. The van der Waals surface area contributed by atoms with Gasteiger partial charge in [0, 0.05) is 11.1 Å². The summed E-state index contributed by atoms with van der Waals surface area (Å²) in [4.78, 5) is 12.7. The second-order valence-corrected chi connectivity index (χ2v) is 5.65. The third-order valence-electron chi connectivity index (χ3n) is 4.39. The minimum absolute atomic E-state index is 0.0792. The van der Waals surface area contributed by atoms with Crippen LogP contribution in [-0.2, 0) is 6.42 Å². The van der Waals surface area contributed by atoms with Crippen molar-refractivity contribution in [3.05, 3.63) is 71.3 Å². The molecule has 0 bridgehead atoms. The first-order valence-electron chi connectivity index (χ1n) is 7.39. The fourth-order valence-corrected chi connectivity index (χ4v) is 3.26. The summed E-state index contributed by atoms with van der Waals surface area (Å²) in [6, 6.07) is 15.9. The molecular weight excluding hydrogens is 260 g/mol. The van der Waals surface area contributed by atoms with Gasteiger partial charge in [-0.05, 0) is 30.5 Å². The van der Waals surface area contributed by atoms with Crippen molar-refractivity contribution in [3.8, 4) is 5.75 Å². The Labute approximate surface area is 124 Å². The van der Waals surface area contributed by atoms with E-state index in [4.69, 9.17) is 4.74 Å². The first-order chi connectivity index (χ1) is 10.3. The maximum Gasteiger partial charge on any atom is 0.170 e. The molecule has 1 aliphatic carbocycles. The van der Waals surface area contributed by atoms with Gasteiger partial charge >= 0.3 is 0 Å². The predicted octanol–water partition coefficient (Wildman–Crippen LogP) is 3.91. The molecule has 2 nitrogen and oxygen atoms in total. The number of carbonyl (C=O) groups is 1. The molecule has 0 saturated heterocycles. The van der Waals surface area contributed by atoms with E-state index in [1.54, 1.807) is 0 Å². The number of rotatable bonds is 1. The lowest BCUT2D eigenvalue weighted by molar-refractivity contribution is 0.0781. The molecule has 2 aliphatic rings. The molecule has 0 amide bonds. The fraction of sp³-hybridized carbons (Fsp3) is 0.211. The lowest BCUT2D eigenvalue weighted by Gasteiger charge is -2.31. The molecule has 0 fully saturated rings. The predicted molar refractivity (Wildman–Crippen MR) is 82.5 cm³/mol. The fourth-order valence-electron chi connectivity index (χ4n) is 3.26. The van der Waals surface area contributed by atoms with Crippen LogP contribution in [0.5, 0.6) is 5.75 Å². The number of Topliss-reactive ketones (excluding diaryl/α,β-unsaturated/α-hetero) is 1. The van der Waals surface area contributed by atoms with Crippen LogP contribution in [0.25, 0.3) is 6.08 Å². The van der Waals surface area contributed by atoms with Crippen LogP contribution in [0.3, 0.4) is 0 Å². The number of ketones is 1. The summed E-state index contributed by atoms with van der Waals surface area (Å²) >= 11 is 0. The highest BCUT2D eigenvalue weighted by Crippen LogP contribution is 2.34. The summed E-state index contributed by atoms with van der Waals surface area (Å²) in [5.41, 5.74) is 3.11. The molecule has 2 aromatic carbocycles. The molecule has 104 valence electrons. The molecule has 0 aromatic heterocycles. The lowest BCUT2D eigenvalue weighted by Crippen LogP contribution is -2.36. The molecule has 0 spiro atoms. The quantitative estimate of drug-likeness (QED) is 0.789. The zero-order valence-electron chi connectivity index (χ0n) is 11.7. The van der Waals surface area contributed by atoms with Crippen molar-refractivity contribution in [1.82, 2.24) is 0 Å². The van der Waals surface area contributed by atoms with Gasteiger partial charge in [-0.1, -0.05) is 48.5 Å². The Morgan fingerprint density at radius 2 is 1.81 bits per heavy atom. The molecule has 0 radical (unpaired) electrons. The number of fused-ring (bicyclic) bond motifs is 2. The van der Waals surface area contributed by atoms with Crippen LogP contribution >= 0.6 is 0 Å². The summed E-state index contributed by atoms with van der Waals surface area (Å²) in [6.07, 6.45) is 5.74. The second-order valence-electron chi connectivity index (χ2n) is 5.65. The van der Waals surface area contributed by atoms with Gasteiger partial charge in [0.05, 0.1) is 5.92 Å². The zero-order valence-corrected chi connectivity index (χ0v) is 11.7. The average Bonchev–Trinajstić information content (AvgIpc) is 2.55. The van der Waals surface area contributed by atoms with E-state index in [-0.39, 0.29) is 17.8 Å². The number of para-hydroxylation sites is 1. The summed E-state index contributed by atoms with van der Waals surface area (Å²) in [5.74, 6) is 1.01. The van der Waals surface area contributed by atoms with Crippen molar-refractivity contribution < 1.29 is 9.53 Å². The van der Waals surface area contributed by atoms with Gasteiger partial charge < -0.3 is 4.74 Å². The maximum atomic E-state index is 12.7. The summed E-state index contributed by atoms with van der Waals surface area (Å²) < 4.78 is 6.05. The van der Waals surface area contributed by atoms with Gasteiger partial charge in [0.2, 0.25) is 0 Å². The second kappa shape index (κ2) is 4.88. The Morgan fingerprint density at radius 1 is 1.00 bits per heavy atom. The third-order valence-corrected chi connectivity index (χ3v) is 4.39. The Balaban J connectivity index is 1.64. The zero-order chi connectivity index (χ0) is 14.2. The van der Waals surface area contributed by atoms with E-state index in [0.29, 0.717) is 0 Å². The first-order valence-corrected chi connectivity index (χ1v) is 7.39. The Hall–Kier alpha value is -2.35. The minimum Gasteiger partial charge on any atom is -0.485 e. The monoisotopic (exact) mass is 276 g/mol. The summed E-state index contributed by atoms with van der Waals surface area (Å²) in [6.45, 7) is 0. The third kappa shape index (κ3) is 2.07. The van der Waals surface area contributed by atoms with E-state index >= 15 is 0 Å². The van der Waals surface area contributed by atoms with Gasteiger partial charge in [-0.15, -0.1) is 0 Å². The van der Waals surface area contributed by atoms with Gasteiger partial charge in [-0.3, -0.25) is 4.79 Å². The van der Waals surface area contributed by atoms with Crippen LogP contribution in [0.15, 0.2) is 54.6 Å². The molecule has 0 N–H and O–H groups in total. The molecule has 4 rings (SSSR count). The standard InChI is InChI=1S/C19H16O2/c20-19-15-7-3-1-5-13(15)9-11-16(19)18-12-10-14-6-2-4-8-17(14)21-18/h1-8,10,12,16,18H,9,11H2. The van der Waals surface area contributed by atoms with Crippen LogP contribution in [0, 0.1) is 5.92 Å². The molecule has 21 heavy (non-hydrogen) atoms. The van der Waals surface area contributed by atoms with Crippen LogP contribution in [0.1, 0.15) is 27.9 Å². The molecule has 1 aliphatic heterocycles. The van der Waals surface area contributed by atoms with Gasteiger partial charge in [0.25, 0.3) is 0 Å². The van der Waals surface area contributed by atoms with Crippen molar-refractivity contribution in [2.45, 2.75) is 18.9 Å². The summed E-state index contributed by atoms with van der Waals surface area (Å²) in [7, 11) is 0. The van der Waals surface area contributed by atoms with Crippen molar-refractivity contribution >= 4 is 11.9 Å². The van der Waals surface area contributed by atoms with Crippen molar-refractivity contribution in [2.24, 2.45) is 5.92 Å².